The van der Waals surface area contributed by atoms with Crippen LogP contribution in [-0.4, -0.2) is 11.5 Å². The summed E-state index contributed by atoms with van der Waals surface area (Å²) in [7, 11) is 0. The summed E-state index contributed by atoms with van der Waals surface area (Å²) in [6, 6.07) is 11.9. The first kappa shape index (κ1) is 19.6. The molecule has 0 amide bonds. The number of anilines is 1. The highest BCUT2D eigenvalue weighted by Crippen LogP contribution is 2.20. The van der Waals surface area contributed by atoms with Crippen molar-refractivity contribution in [3.05, 3.63) is 69.5 Å². The molecule has 4 nitrogen and oxygen atoms in total. The van der Waals surface area contributed by atoms with Gasteiger partial charge in [-0.05, 0) is 41.8 Å². The largest absolute Gasteiger partial charge is 0.385 e. The van der Waals surface area contributed by atoms with Gasteiger partial charge in [0, 0.05) is 18.3 Å². The van der Waals surface area contributed by atoms with Crippen molar-refractivity contribution in [2.45, 2.75) is 39.0 Å². The second-order valence-electron chi connectivity index (χ2n) is 6.26. The fourth-order valence-electron chi connectivity index (χ4n) is 2.64. The second-order valence-corrected chi connectivity index (χ2v) is 6.26. The summed E-state index contributed by atoms with van der Waals surface area (Å²) in [6.45, 7) is 3.19. The van der Waals surface area contributed by atoms with E-state index in [0.717, 1.165) is 17.8 Å². The third-order valence-corrected chi connectivity index (χ3v) is 4.16. The molecule has 0 spiro atoms. The minimum atomic E-state index is -0.823. The quantitative estimate of drug-likeness (QED) is 0.236. The summed E-state index contributed by atoms with van der Waals surface area (Å²) < 4.78 is 13.6. The van der Waals surface area contributed by atoms with Crippen LogP contribution >= 0.6 is 0 Å². The van der Waals surface area contributed by atoms with Gasteiger partial charge in [-0.3, -0.25) is 10.1 Å². The maximum absolute atomic E-state index is 13.6. The molecule has 0 aliphatic heterocycles. The average molecular weight is 356 g/mol. The van der Waals surface area contributed by atoms with Gasteiger partial charge in [0.1, 0.15) is 0 Å². The molecule has 0 aromatic heterocycles. The van der Waals surface area contributed by atoms with Crippen LogP contribution in [0.4, 0.5) is 15.8 Å². The standard InChI is InChI=1S/C21H25FN2O2/c1-2-3-4-5-6-15-23-19-12-9-17(10-13-19)7-8-18-11-14-21(24(25)26)20(22)16-18/h7-14,16,23H,2-6,15H2,1H3. The summed E-state index contributed by atoms with van der Waals surface area (Å²) in [5, 5.41) is 14.0. The van der Waals surface area contributed by atoms with Crippen molar-refractivity contribution in [1.29, 1.82) is 0 Å². The molecule has 0 heterocycles. The number of nitro groups is 1. The third-order valence-electron chi connectivity index (χ3n) is 4.16. The second kappa shape index (κ2) is 10.3. The Morgan fingerprint density at radius 1 is 1.00 bits per heavy atom. The van der Waals surface area contributed by atoms with E-state index in [2.05, 4.69) is 12.2 Å². The molecule has 138 valence electrons. The van der Waals surface area contributed by atoms with Crippen molar-refractivity contribution in [2.24, 2.45) is 0 Å². The molecule has 0 bridgehead atoms. The number of nitrogens with one attached hydrogen (secondary N) is 1. The van der Waals surface area contributed by atoms with Crippen molar-refractivity contribution in [1.82, 2.24) is 0 Å². The monoisotopic (exact) mass is 356 g/mol. The van der Waals surface area contributed by atoms with Gasteiger partial charge in [-0.2, -0.15) is 4.39 Å². The lowest BCUT2D eigenvalue weighted by Gasteiger charge is -2.06. The maximum atomic E-state index is 13.6. The van der Waals surface area contributed by atoms with Gasteiger partial charge in [-0.15, -0.1) is 0 Å². The van der Waals surface area contributed by atoms with Gasteiger partial charge in [0.05, 0.1) is 4.92 Å². The number of nitro benzene ring substituents is 1. The molecule has 26 heavy (non-hydrogen) atoms. The van der Waals surface area contributed by atoms with Crippen LogP contribution in [0.3, 0.4) is 0 Å². The molecule has 0 atom stereocenters. The van der Waals surface area contributed by atoms with Crippen LogP contribution in [0.5, 0.6) is 0 Å². The van der Waals surface area contributed by atoms with Gasteiger partial charge in [-0.25, -0.2) is 0 Å². The summed E-state index contributed by atoms with van der Waals surface area (Å²) in [5.41, 5.74) is 2.14. The van der Waals surface area contributed by atoms with E-state index in [4.69, 9.17) is 0 Å². The highest BCUT2D eigenvalue weighted by Gasteiger charge is 2.12. The van der Waals surface area contributed by atoms with Crippen molar-refractivity contribution < 1.29 is 9.31 Å². The van der Waals surface area contributed by atoms with Crippen LogP contribution in [-0.2, 0) is 0 Å². The Hall–Kier alpha value is -2.69. The van der Waals surface area contributed by atoms with Gasteiger partial charge in [0.25, 0.3) is 0 Å². The fraction of sp³-hybridized carbons (Fsp3) is 0.333. The SMILES string of the molecule is CCCCCCCNc1ccc(C=Cc2ccc([N+](=O)[O-])c(F)c2)cc1. The Morgan fingerprint density at radius 3 is 2.31 bits per heavy atom. The average Bonchev–Trinajstić information content (AvgIpc) is 2.63. The number of rotatable bonds is 10. The van der Waals surface area contributed by atoms with E-state index in [1.54, 1.807) is 6.08 Å². The predicted molar refractivity (Wildman–Crippen MR) is 106 cm³/mol. The molecule has 1 N–H and O–H groups in total. The van der Waals surface area contributed by atoms with E-state index in [-0.39, 0.29) is 0 Å². The summed E-state index contributed by atoms with van der Waals surface area (Å²) in [6.07, 6.45) is 9.89. The summed E-state index contributed by atoms with van der Waals surface area (Å²) >= 11 is 0. The topological polar surface area (TPSA) is 55.2 Å². The molecular formula is C21H25FN2O2. The third kappa shape index (κ3) is 6.31. The van der Waals surface area contributed by atoms with Crippen LogP contribution in [0.1, 0.15) is 50.2 Å². The highest BCUT2D eigenvalue weighted by molar-refractivity contribution is 5.71. The predicted octanol–water partition coefficient (Wildman–Crippen LogP) is 6.29. The molecule has 0 aliphatic rings. The lowest BCUT2D eigenvalue weighted by atomic mass is 10.1. The number of benzene rings is 2. The minimum Gasteiger partial charge on any atom is -0.385 e. The van der Waals surface area contributed by atoms with Gasteiger partial charge in [-0.1, -0.05) is 56.9 Å². The van der Waals surface area contributed by atoms with Gasteiger partial charge >= 0.3 is 5.69 Å². The maximum Gasteiger partial charge on any atom is 0.304 e. The molecule has 2 rings (SSSR count). The molecule has 0 fully saturated rings. The highest BCUT2D eigenvalue weighted by atomic mass is 19.1. The number of nitrogens with zero attached hydrogens (tertiary/aromatic N) is 1. The molecular weight excluding hydrogens is 331 g/mol. The molecule has 2 aromatic carbocycles. The summed E-state index contributed by atoms with van der Waals surface area (Å²) in [5.74, 6) is -0.823. The van der Waals surface area contributed by atoms with Crippen LogP contribution in [0.15, 0.2) is 42.5 Å². The van der Waals surface area contributed by atoms with E-state index in [1.807, 2.05) is 30.3 Å². The first-order valence-corrected chi connectivity index (χ1v) is 9.06. The molecule has 0 saturated heterocycles. The van der Waals surface area contributed by atoms with Crippen LogP contribution in [0.2, 0.25) is 0 Å². The fourth-order valence-corrected chi connectivity index (χ4v) is 2.64. The normalized spacial score (nSPS) is 11.0. The number of hydrogen-bond donors (Lipinski definition) is 1. The minimum absolute atomic E-state index is 0.507. The zero-order chi connectivity index (χ0) is 18.8. The lowest BCUT2D eigenvalue weighted by Crippen LogP contribution is -2.01. The van der Waals surface area contributed by atoms with E-state index in [0.29, 0.717) is 5.56 Å². The molecule has 0 unspecified atom stereocenters. The van der Waals surface area contributed by atoms with Crippen LogP contribution in [0, 0.1) is 15.9 Å². The summed E-state index contributed by atoms with van der Waals surface area (Å²) in [4.78, 5) is 9.90. The first-order valence-electron chi connectivity index (χ1n) is 9.06. The van der Waals surface area contributed by atoms with E-state index < -0.39 is 16.4 Å². The van der Waals surface area contributed by atoms with E-state index >= 15 is 0 Å². The van der Waals surface area contributed by atoms with Crippen molar-refractivity contribution >= 4 is 23.5 Å². The Bertz CT molecular complexity index is 742. The molecule has 0 saturated carbocycles. The van der Waals surface area contributed by atoms with Crippen molar-refractivity contribution in [3.63, 3.8) is 0 Å². The zero-order valence-corrected chi connectivity index (χ0v) is 15.1. The van der Waals surface area contributed by atoms with E-state index in [1.165, 1.54) is 50.3 Å². The van der Waals surface area contributed by atoms with Gasteiger partial charge in [0.15, 0.2) is 0 Å². The molecule has 5 heteroatoms. The number of halogens is 1. The van der Waals surface area contributed by atoms with E-state index in [9.17, 15) is 14.5 Å². The van der Waals surface area contributed by atoms with Gasteiger partial charge in [0.2, 0.25) is 5.82 Å². The molecule has 2 aromatic rings. The Kier molecular flexibility index (Phi) is 7.80. The molecule has 0 radical (unpaired) electrons. The Labute approximate surface area is 153 Å². The number of unbranched alkanes of at least 4 members (excludes halogenated alkanes) is 4. The Morgan fingerprint density at radius 2 is 1.65 bits per heavy atom. The number of hydrogen-bond acceptors (Lipinski definition) is 3. The Balaban J connectivity index is 1.85. The van der Waals surface area contributed by atoms with Gasteiger partial charge < -0.3 is 5.32 Å². The lowest BCUT2D eigenvalue weighted by molar-refractivity contribution is -0.387. The van der Waals surface area contributed by atoms with Crippen LogP contribution < -0.4 is 5.32 Å². The van der Waals surface area contributed by atoms with Crippen LogP contribution in [0.25, 0.3) is 12.2 Å². The zero-order valence-electron chi connectivity index (χ0n) is 15.1. The van der Waals surface area contributed by atoms with Crippen molar-refractivity contribution in [2.75, 3.05) is 11.9 Å². The molecule has 0 aliphatic carbocycles. The first-order chi connectivity index (χ1) is 12.6. The van der Waals surface area contributed by atoms with Crippen molar-refractivity contribution in [3.8, 4) is 0 Å². The smallest absolute Gasteiger partial charge is 0.304 e.